The van der Waals surface area contributed by atoms with Gasteiger partial charge in [-0.1, -0.05) is 13.3 Å². The molecule has 4 nitrogen and oxygen atoms in total. The van der Waals surface area contributed by atoms with Gasteiger partial charge >= 0.3 is 0 Å². The van der Waals surface area contributed by atoms with E-state index in [0.717, 1.165) is 12.8 Å². The van der Waals surface area contributed by atoms with E-state index in [9.17, 15) is 8.42 Å². The summed E-state index contributed by atoms with van der Waals surface area (Å²) in [6, 6.07) is 3.21. The molecule has 0 aliphatic rings. The predicted molar refractivity (Wildman–Crippen MR) is 70.0 cm³/mol. The van der Waals surface area contributed by atoms with Gasteiger partial charge in [0.1, 0.15) is 10.7 Å². The van der Waals surface area contributed by atoms with Crippen molar-refractivity contribution >= 4 is 15.7 Å². The average Bonchev–Trinajstić information content (AvgIpc) is 2.15. The lowest BCUT2D eigenvalue weighted by atomic mass is 9.99. The van der Waals surface area contributed by atoms with Crippen LogP contribution in [0, 0.1) is 0 Å². The average molecular weight is 256 g/mol. The SMILES string of the molecule is CCCC(C)(C)Nc1ncccc1S(C)(=O)=O. The molecule has 5 heteroatoms. The van der Waals surface area contributed by atoms with E-state index in [1.54, 1.807) is 18.3 Å². The highest BCUT2D eigenvalue weighted by Gasteiger charge is 2.21. The summed E-state index contributed by atoms with van der Waals surface area (Å²) in [6.07, 6.45) is 4.77. The van der Waals surface area contributed by atoms with Crippen molar-refractivity contribution in [1.29, 1.82) is 0 Å². The first-order valence-electron chi connectivity index (χ1n) is 5.69. The van der Waals surface area contributed by atoms with Crippen LogP contribution >= 0.6 is 0 Å². The van der Waals surface area contributed by atoms with Crippen LogP contribution in [0.3, 0.4) is 0 Å². The fourth-order valence-corrected chi connectivity index (χ4v) is 2.57. The number of rotatable bonds is 5. The summed E-state index contributed by atoms with van der Waals surface area (Å²) in [7, 11) is -3.25. The smallest absolute Gasteiger partial charge is 0.179 e. The maximum atomic E-state index is 11.6. The third kappa shape index (κ3) is 4.00. The summed E-state index contributed by atoms with van der Waals surface area (Å²) in [6.45, 7) is 6.17. The van der Waals surface area contributed by atoms with Crippen molar-refractivity contribution in [2.45, 2.75) is 44.0 Å². The first-order valence-corrected chi connectivity index (χ1v) is 7.58. The molecule has 0 atom stereocenters. The van der Waals surface area contributed by atoms with Crippen LogP contribution in [0.15, 0.2) is 23.2 Å². The van der Waals surface area contributed by atoms with Crippen LogP contribution in [0.4, 0.5) is 5.82 Å². The van der Waals surface area contributed by atoms with E-state index >= 15 is 0 Å². The fourth-order valence-electron chi connectivity index (χ4n) is 1.79. The van der Waals surface area contributed by atoms with Gasteiger partial charge in [-0.05, 0) is 32.4 Å². The minimum atomic E-state index is -3.25. The molecule has 1 rings (SSSR count). The highest BCUT2D eigenvalue weighted by Crippen LogP contribution is 2.23. The molecule has 1 aromatic heterocycles. The molecule has 0 saturated carbocycles. The molecule has 0 amide bonds. The summed E-state index contributed by atoms with van der Waals surface area (Å²) in [4.78, 5) is 4.38. The van der Waals surface area contributed by atoms with Gasteiger partial charge in [-0.25, -0.2) is 13.4 Å². The lowest BCUT2D eigenvalue weighted by Crippen LogP contribution is -2.31. The van der Waals surface area contributed by atoms with Crippen LogP contribution in [0.5, 0.6) is 0 Å². The summed E-state index contributed by atoms with van der Waals surface area (Å²) >= 11 is 0. The highest BCUT2D eigenvalue weighted by molar-refractivity contribution is 7.90. The Labute approximate surface area is 103 Å². The van der Waals surface area contributed by atoms with E-state index < -0.39 is 9.84 Å². The Kier molecular flexibility index (Phi) is 4.14. The maximum absolute atomic E-state index is 11.6. The lowest BCUT2D eigenvalue weighted by molar-refractivity contribution is 0.507. The second-order valence-corrected chi connectivity index (χ2v) is 6.87. The number of hydrogen-bond donors (Lipinski definition) is 1. The van der Waals surface area contributed by atoms with Gasteiger partial charge in [0.25, 0.3) is 0 Å². The largest absolute Gasteiger partial charge is 0.364 e. The van der Waals surface area contributed by atoms with Crippen LogP contribution in [0.25, 0.3) is 0 Å². The normalized spacial score (nSPS) is 12.5. The van der Waals surface area contributed by atoms with Crippen LogP contribution in [0.1, 0.15) is 33.6 Å². The number of anilines is 1. The van der Waals surface area contributed by atoms with E-state index in [1.807, 2.05) is 13.8 Å². The van der Waals surface area contributed by atoms with E-state index in [4.69, 9.17) is 0 Å². The van der Waals surface area contributed by atoms with Gasteiger partial charge in [0.15, 0.2) is 9.84 Å². The zero-order chi connectivity index (χ0) is 13.1. The summed E-state index contributed by atoms with van der Waals surface area (Å²) in [5.74, 6) is 0.438. The highest BCUT2D eigenvalue weighted by atomic mass is 32.2. The molecule has 0 unspecified atom stereocenters. The Hall–Kier alpha value is -1.10. The Morgan fingerprint density at radius 3 is 2.59 bits per heavy atom. The molecular weight excluding hydrogens is 236 g/mol. The zero-order valence-corrected chi connectivity index (χ0v) is 11.6. The van der Waals surface area contributed by atoms with Gasteiger partial charge in [-0.15, -0.1) is 0 Å². The molecule has 1 heterocycles. The number of nitrogens with one attached hydrogen (secondary N) is 1. The molecule has 1 aromatic rings. The molecule has 0 saturated heterocycles. The minimum absolute atomic E-state index is 0.164. The Bertz CT molecular complexity index is 481. The quantitative estimate of drug-likeness (QED) is 0.879. The number of nitrogens with zero attached hydrogens (tertiary/aromatic N) is 1. The molecule has 96 valence electrons. The van der Waals surface area contributed by atoms with Crippen molar-refractivity contribution in [3.8, 4) is 0 Å². The Balaban J connectivity index is 3.08. The van der Waals surface area contributed by atoms with Gasteiger partial charge in [0.05, 0.1) is 0 Å². The fraction of sp³-hybridized carbons (Fsp3) is 0.583. The molecule has 0 fully saturated rings. The second kappa shape index (κ2) is 5.04. The van der Waals surface area contributed by atoms with Gasteiger partial charge in [-0.2, -0.15) is 0 Å². The Morgan fingerprint density at radius 1 is 1.41 bits per heavy atom. The number of sulfone groups is 1. The van der Waals surface area contributed by atoms with Gasteiger partial charge in [0.2, 0.25) is 0 Å². The molecule has 0 bridgehead atoms. The molecule has 1 N–H and O–H groups in total. The maximum Gasteiger partial charge on any atom is 0.179 e. The lowest BCUT2D eigenvalue weighted by Gasteiger charge is -2.27. The van der Waals surface area contributed by atoms with Crippen LogP contribution in [0.2, 0.25) is 0 Å². The van der Waals surface area contributed by atoms with E-state index in [0.29, 0.717) is 5.82 Å². The van der Waals surface area contributed by atoms with E-state index in [2.05, 4.69) is 17.2 Å². The van der Waals surface area contributed by atoms with Crippen molar-refractivity contribution in [1.82, 2.24) is 4.98 Å². The summed E-state index contributed by atoms with van der Waals surface area (Å²) < 4.78 is 23.2. The first kappa shape index (κ1) is 14.0. The van der Waals surface area contributed by atoms with E-state index in [1.165, 1.54) is 6.26 Å². The molecular formula is C12H20N2O2S. The number of aromatic nitrogens is 1. The van der Waals surface area contributed by atoms with Crippen molar-refractivity contribution in [2.75, 3.05) is 11.6 Å². The topological polar surface area (TPSA) is 59.1 Å². The van der Waals surface area contributed by atoms with Crippen LogP contribution in [-0.4, -0.2) is 25.2 Å². The van der Waals surface area contributed by atoms with Crippen LogP contribution < -0.4 is 5.32 Å². The van der Waals surface area contributed by atoms with Crippen molar-refractivity contribution in [3.63, 3.8) is 0 Å². The minimum Gasteiger partial charge on any atom is -0.364 e. The standard InChI is InChI=1S/C12H20N2O2S/c1-5-8-12(2,3)14-11-10(17(4,15)16)7-6-9-13-11/h6-7,9H,5,8H2,1-4H3,(H,13,14). The second-order valence-electron chi connectivity index (χ2n) is 4.88. The Morgan fingerprint density at radius 2 is 2.06 bits per heavy atom. The number of hydrogen-bond acceptors (Lipinski definition) is 4. The number of pyridine rings is 1. The van der Waals surface area contributed by atoms with Gasteiger partial charge in [0, 0.05) is 18.0 Å². The zero-order valence-electron chi connectivity index (χ0n) is 10.8. The molecule has 0 aliphatic carbocycles. The van der Waals surface area contributed by atoms with Crippen molar-refractivity contribution in [3.05, 3.63) is 18.3 Å². The van der Waals surface area contributed by atoms with Gasteiger partial charge < -0.3 is 5.32 Å². The predicted octanol–water partition coefficient (Wildman–Crippen LogP) is 2.48. The van der Waals surface area contributed by atoms with Gasteiger partial charge in [-0.3, -0.25) is 0 Å². The molecule has 17 heavy (non-hydrogen) atoms. The summed E-state index contributed by atoms with van der Waals surface area (Å²) in [5.41, 5.74) is -0.164. The van der Waals surface area contributed by atoms with Crippen molar-refractivity contribution < 1.29 is 8.42 Å². The van der Waals surface area contributed by atoms with Crippen LogP contribution in [-0.2, 0) is 9.84 Å². The molecule has 0 radical (unpaired) electrons. The first-order chi connectivity index (χ1) is 7.76. The monoisotopic (exact) mass is 256 g/mol. The third-order valence-corrected chi connectivity index (χ3v) is 3.63. The third-order valence-electron chi connectivity index (χ3n) is 2.50. The molecule has 0 aliphatic heterocycles. The summed E-state index contributed by atoms with van der Waals surface area (Å²) in [5, 5.41) is 3.20. The van der Waals surface area contributed by atoms with E-state index in [-0.39, 0.29) is 10.4 Å². The molecule has 0 spiro atoms. The van der Waals surface area contributed by atoms with Crippen molar-refractivity contribution in [2.24, 2.45) is 0 Å². The molecule has 0 aromatic carbocycles.